The SMILES string of the molecule is CC1C2C=C(c3ccc(C4NC(=O)NC4=O)cc3)C=CC2=NN1C. The largest absolute Gasteiger partial charge is 0.322 e. The van der Waals surface area contributed by atoms with Gasteiger partial charge in [-0.1, -0.05) is 36.4 Å². The number of nitrogens with zero attached hydrogens (tertiary/aromatic N) is 2. The second kappa shape index (κ2) is 5.33. The number of nitrogens with one attached hydrogen (secondary N) is 2. The smallest absolute Gasteiger partial charge is 0.322 e. The number of fused-ring (bicyclic) bond motifs is 1. The zero-order valence-corrected chi connectivity index (χ0v) is 13.5. The first-order valence-electron chi connectivity index (χ1n) is 7.96. The summed E-state index contributed by atoms with van der Waals surface area (Å²) in [6.07, 6.45) is 6.38. The van der Waals surface area contributed by atoms with Crippen LogP contribution in [0.25, 0.3) is 5.57 Å². The van der Waals surface area contributed by atoms with E-state index in [2.05, 4.69) is 40.9 Å². The Morgan fingerprint density at radius 1 is 1.12 bits per heavy atom. The minimum Gasteiger partial charge on any atom is -0.322 e. The van der Waals surface area contributed by atoms with Crippen LogP contribution in [0.15, 0.2) is 47.6 Å². The molecule has 122 valence electrons. The van der Waals surface area contributed by atoms with E-state index >= 15 is 0 Å². The zero-order valence-electron chi connectivity index (χ0n) is 13.5. The van der Waals surface area contributed by atoms with Gasteiger partial charge >= 0.3 is 6.03 Å². The highest BCUT2D eigenvalue weighted by Crippen LogP contribution is 2.31. The molecular weight excluding hydrogens is 304 g/mol. The minimum absolute atomic E-state index is 0.301. The first kappa shape index (κ1) is 14.7. The second-order valence-electron chi connectivity index (χ2n) is 6.34. The zero-order chi connectivity index (χ0) is 16.8. The molecule has 6 nitrogen and oxygen atoms in total. The van der Waals surface area contributed by atoms with E-state index in [9.17, 15) is 9.59 Å². The number of allylic oxidation sites excluding steroid dienone is 3. The van der Waals surface area contributed by atoms with Gasteiger partial charge in [0.05, 0.1) is 11.8 Å². The fraction of sp³-hybridized carbons (Fsp3) is 0.278. The standard InChI is InChI=1S/C18H18N4O2/c1-10-14-9-13(7-8-15(14)21-22(10)2)11-3-5-12(6-4-11)16-17(23)20-18(24)19-16/h3-10,14,16H,1-2H3,(H2,19,20,23,24). The van der Waals surface area contributed by atoms with Crippen molar-refractivity contribution in [2.24, 2.45) is 11.0 Å². The Hall–Kier alpha value is -2.89. The van der Waals surface area contributed by atoms with E-state index in [0.717, 1.165) is 22.4 Å². The van der Waals surface area contributed by atoms with Gasteiger partial charge in [0.25, 0.3) is 5.91 Å². The summed E-state index contributed by atoms with van der Waals surface area (Å²) >= 11 is 0. The average molecular weight is 322 g/mol. The number of hydrogen-bond acceptors (Lipinski definition) is 4. The lowest BCUT2D eigenvalue weighted by Gasteiger charge is -2.20. The van der Waals surface area contributed by atoms with Crippen LogP contribution in [0.1, 0.15) is 24.1 Å². The molecule has 1 fully saturated rings. The van der Waals surface area contributed by atoms with E-state index in [1.807, 2.05) is 36.3 Å². The number of benzene rings is 1. The van der Waals surface area contributed by atoms with Crippen LogP contribution in [0.2, 0.25) is 0 Å². The number of hydrogen-bond donors (Lipinski definition) is 2. The molecule has 0 bridgehead atoms. The van der Waals surface area contributed by atoms with Crippen LogP contribution in [0, 0.1) is 5.92 Å². The Kier molecular flexibility index (Phi) is 3.26. The molecular formula is C18H18N4O2. The lowest BCUT2D eigenvalue weighted by molar-refractivity contribution is -0.120. The summed E-state index contributed by atoms with van der Waals surface area (Å²) in [7, 11) is 1.99. The fourth-order valence-corrected chi connectivity index (χ4v) is 3.32. The van der Waals surface area contributed by atoms with Crippen molar-refractivity contribution >= 4 is 23.2 Å². The summed E-state index contributed by atoms with van der Waals surface area (Å²) in [4.78, 5) is 23.0. The van der Waals surface area contributed by atoms with Gasteiger partial charge in [0.1, 0.15) is 6.04 Å². The fourth-order valence-electron chi connectivity index (χ4n) is 3.32. The molecule has 0 spiro atoms. The van der Waals surface area contributed by atoms with E-state index in [1.165, 1.54) is 0 Å². The van der Waals surface area contributed by atoms with Gasteiger partial charge in [-0.25, -0.2) is 4.79 Å². The van der Waals surface area contributed by atoms with E-state index < -0.39 is 12.1 Å². The molecule has 0 saturated carbocycles. The first-order chi connectivity index (χ1) is 11.5. The van der Waals surface area contributed by atoms with Crippen LogP contribution in [-0.4, -0.2) is 35.7 Å². The molecule has 3 amide bonds. The maximum Gasteiger partial charge on any atom is 0.322 e. The van der Waals surface area contributed by atoms with Crippen molar-refractivity contribution in [1.82, 2.24) is 15.6 Å². The Labute approximate surface area is 139 Å². The number of amides is 3. The molecule has 24 heavy (non-hydrogen) atoms. The lowest BCUT2D eigenvalue weighted by atomic mass is 9.87. The first-order valence-corrected chi connectivity index (χ1v) is 7.96. The van der Waals surface area contributed by atoms with Gasteiger partial charge in [0.2, 0.25) is 0 Å². The second-order valence-corrected chi connectivity index (χ2v) is 6.34. The lowest BCUT2D eigenvalue weighted by Crippen LogP contribution is -2.27. The van der Waals surface area contributed by atoms with Crippen molar-refractivity contribution in [1.29, 1.82) is 0 Å². The molecule has 6 heteroatoms. The van der Waals surface area contributed by atoms with Crippen LogP contribution in [0.3, 0.4) is 0 Å². The molecule has 1 saturated heterocycles. The molecule has 2 aliphatic heterocycles. The number of carbonyl (C=O) groups is 2. The number of imide groups is 1. The van der Waals surface area contributed by atoms with Gasteiger partial charge in [-0.05, 0) is 29.7 Å². The summed E-state index contributed by atoms with van der Waals surface area (Å²) in [6, 6.07) is 7.02. The van der Waals surface area contributed by atoms with Crippen molar-refractivity contribution in [2.45, 2.75) is 19.0 Å². The Balaban J connectivity index is 1.58. The molecule has 4 rings (SSSR count). The van der Waals surface area contributed by atoms with E-state index in [4.69, 9.17) is 0 Å². The number of rotatable bonds is 2. The van der Waals surface area contributed by atoms with Crippen LogP contribution < -0.4 is 10.6 Å². The molecule has 3 atom stereocenters. The van der Waals surface area contributed by atoms with E-state index in [-0.39, 0.29) is 5.91 Å². The van der Waals surface area contributed by atoms with Crippen molar-refractivity contribution < 1.29 is 9.59 Å². The molecule has 0 radical (unpaired) electrons. The number of urea groups is 1. The normalized spacial score (nSPS) is 28.2. The van der Waals surface area contributed by atoms with Gasteiger partial charge in [0, 0.05) is 13.0 Å². The van der Waals surface area contributed by atoms with Gasteiger partial charge < -0.3 is 5.32 Å². The topological polar surface area (TPSA) is 73.8 Å². The van der Waals surface area contributed by atoms with Crippen molar-refractivity contribution in [3.05, 3.63) is 53.6 Å². The molecule has 1 aromatic rings. The van der Waals surface area contributed by atoms with Crippen LogP contribution in [-0.2, 0) is 4.79 Å². The number of carbonyl (C=O) groups excluding carboxylic acids is 2. The summed E-state index contributed by atoms with van der Waals surface area (Å²) in [5, 5.41) is 11.4. The Morgan fingerprint density at radius 3 is 2.54 bits per heavy atom. The van der Waals surface area contributed by atoms with E-state index in [1.54, 1.807) is 0 Å². The third kappa shape index (κ3) is 2.31. The van der Waals surface area contributed by atoms with Crippen LogP contribution in [0.4, 0.5) is 4.79 Å². The maximum atomic E-state index is 11.7. The highest BCUT2D eigenvalue weighted by Gasteiger charge is 2.32. The molecule has 2 heterocycles. The molecule has 1 aromatic carbocycles. The number of hydrazone groups is 1. The third-order valence-electron chi connectivity index (χ3n) is 4.87. The van der Waals surface area contributed by atoms with Gasteiger partial charge in [-0.3, -0.25) is 15.1 Å². The molecule has 3 aliphatic rings. The van der Waals surface area contributed by atoms with Crippen molar-refractivity contribution in [3.63, 3.8) is 0 Å². The Morgan fingerprint density at radius 2 is 1.88 bits per heavy atom. The highest BCUT2D eigenvalue weighted by atomic mass is 16.2. The third-order valence-corrected chi connectivity index (χ3v) is 4.87. The van der Waals surface area contributed by atoms with Crippen molar-refractivity contribution in [3.8, 4) is 0 Å². The molecule has 2 N–H and O–H groups in total. The summed E-state index contributed by atoms with van der Waals surface area (Å²) in [6.45, 7) is 2.17. The molecule has 1 aliphatic carbocycles. The summed E-state index contributed by atoms with van der Waals surface area (Å²) in [5.74, 6) is -0.0113. The minimum atomic E-state index is -0.607. The van der Waals surface area contributed by atoms with Crippen LogP contribution >= 0.6 is 0 Å². The van der Waals surface area contributed by atoms with Crippen molar-refractivity contribution in [2.75, 3.05) is 7.05 Å². The quantitative estimate of drug-likeness (QED) is 0.816. The average Bonchev–Trinajstić information content (AvgIpc) is 3.06. The highest BCUT2D eigenvalue weighted by molar-refractivity contribution is 6.05. The summed E-state index contributed by atoms with van der Waals surface area (Å²) < 4.78 is 0. The maximum absolute atomic E-state index is 11.7. The molecule has 0 aromatic heterocycles. The Bertz CT molecular complexity index is 807. The monoisotopic (exact) mass is 322 g/mol. The predicted octanol–water partition coefficient (Wildman–Crippen LogP) is 1.83. The van der Waals surface area contributed by atoms with E-state index in [0.29, 0.717) is 12.0 Å². The van der Waals surface area contributed by atoms with Gasteiger partial charge in [-0.15, -0.1) is 0 Å². The van der Waals surface area contributed by atoms with Crippen LogP contribution in [0.5, 0.6) is 0 Å². The molecule has 3 unspecified atom stereocenters. The van der Waals surface area contributed by atoms with Gasteiger partial charge in [0.15, 0.2) is 0 Å². The predicted molar refractivity (Wildman–Crippen MR) is 91.1 cm³/mol. The summed E-state index contributed by atoms with van der Waals surface area (Å²) in [5.41, 5.74) is 4.10. The van der Waals surface area contributed by atoms with Gasteiger partial charge in [-0.2, -0.15) is 5.10 Å².